The van der Waals surface area contributed by atoms with Crippen molar-refractivity contribution in [3.8, 4) is 0 Å². The molecule has 19 heavy (non-hydrogen) atoms. The summed E-state index contributed by atoms with van der Waals surface area (Å²) in [5, 5.41) is 3.79. The molecule has 0 amide bonds. The Hall–Kier alpha value is -0.740. The number of hydrogen-bond acceptors (Lipinski definition) is 4. The minimum absolute atomic E-state index is 0.586. The molecular weight excluding hydrogens is 254 g/mol. The second-order valence-electron chi connectivity index (χ2n) is 5.73. The van der Waals surface area contributed by atoms with Crippen LogP contribution in [0.2, 0.25) is 0 Å². The molecule has 2 heterocycles. The summed E-state index contributed by atoms with van der Waals surface area (Å²) in [4.78, 5) is 6.56. The van der Waals surface area contributed by atoms with E-state index >= 15 is 0 Å². The van der Waals surface area contributed by atoms with Crippen molar-refractivity contribution >= 4 is 17.4 Å². The predicted molar refractivity (Wildman–Crippen MR) is 83.0 cm³/mol. The molecule has 2 fully saturated rings. The SMILES string of the molecule is CSC1(CNC2CCN(c3ccncc3)CC2)CC1. The van der Waals surface area contributed by atoms with E-state index in [1.165, 1.54) is 37.9 Å². The number of rotatable bonds is 5. The van der Waals surface area contributed by atoms with Gasteiger partial charge in [0, 0.05) is 48.5 Å². The summed E-state index contributed by atoms with van der Waals surface area (Å²) in [6.45, 7) is 3.52. The highest BCUT2D eigenvalue weighted by atomic mass is 32.2. The van der Waals surface area contributed by atoms with Crippen LogP contribution in [0.1, 0.15) is 25.7 Å². The fraction of sp³-hybridized carbons (Fsp3) is 0.667. The van der Waals surface area contributed by atoms with Crippen LogP contribution in [0.4, 0.5) is 5.69 Å². The first kappa shape index (κ1) is 13.3. The smallest absolute Gasteiger partial charge is 0.0397 e. The average molecular weight is 277 g/mol. The van der Waals surface area contributed by atoms with Crippen molar-refractivity contribution in [3.63, 3.8) is 0 Å². The molecule has 0 spiro atoms. The van der Waals surface area contributed by atoms with Crippen LogP contribution in [0.25, 0.3) is 0 Å². The second kappa shape index (κ2) is 5.71. The van der Waals surface area contributed by atoms with E-state index in [2.05, 4.69) is 33.6 Å². The number of piperidine rings is 1. The maximum absolute atomic E-state index is 4.09. The Morgan fingerprint density at radius 1 is 1.32 bits per heavy atom. The molecule has 3 nitrogen and oxygen atoms in total. The summed E-state index contributed by atoms with van der Waals surface area (Å²) >= 11 is 2.04. The first-order valence-corrected chi connectivity index (χ1v) is 8.47. The lowest BCUT2D eigenvalue weighted by Crippen LogP contribution is -2.44. The first-order chi connectivity index (χ1) is 9.31. The van der Waals surface area contributed by atoms with Crippen LogP contribution in [-0.4, -0.2) is 41.7 Å². The zero-order valence-electron chi connectivity index (χ0n) is 11.6. The standard InChI is InChI=1S/C15H23N3S/c1-19-15(6-7-15)12-17-13-4-10-18(11-5-13)14-2-8-16-9-3-14/h2-3,8-9,13,17H,4-7,10-12H2,1H3. The summed E-state index contributed by atoms with van der Waals surface area (Å²) in [5.74, 6) is 0. The quantitative estimate of drug-likeness (QED) is 0.895. The van der Waals surface area contributed by atoms with Crippen molar-refractivity contribution in [3.05, 3.63) is 24.5 Å². The lowest BCUT2D eigenvalue weighted by atomic mass is 10.0. The molecule has 4 heteroatoms. The van der Waals surface area contributed by atoms with Gasteiger partial charge >= 0.3 is 0 Å². The molecule has 1 saturated heterocycles. The van der Waals surface area contributed by atoms with Gasteiger partial charge in [0.2, 0.25) is 0 Å². The summed E-state index contributed by atoms with van der Waals surface area (Å²) in [6, 6.07) is 4.93. The molecule has 1 saturated carbocycles. The van der Waals surface area contributed by atoms with Gasteiger partial charge in [-0.3, -0.25) is 4.98 Å². The number of thioether (sulfide) groups is 1. The molecule has 0 bridgehead atoms. The van der Waals surface area contributed by atoms with Crippen LogP contribution in [-0.2, 0) is 0 Å². The van der Waals surface area contributed by atoms with E-state index in [0.29, 0.717) is 10.8 Å². The normalized spacial score (nSPS) is 22.5. The Morgan fingerprint density at radius 2 is 2.00 bits per heavy atom. The van der Waals surface area contributed by atoms with Gasteiger partial charge < -0.3 is 10.2 Å². The van der Waals surface area contributed by atoms with Gasteiger partial charge in [-0.15, -0.1) is 0 Å². The topological polar surface area (TPSA) is 28.2 Å². The minimum Gasteiger partial charge on any atom is -0.371 e. The van der Waals surface area contributed by atoms with Gasteiger partial charge in [0.25, 0.3) is 0 Å². The third-order valence-electron chi connectivity index (χ3n) is 4.48. The summed E-state index contributed by atoms with van der Waals surface area (Å²) in [6.07, 6.45) is 11.3. The largest absolute Gasteiger partial charge is 0.371 e. The lowest BCUT2D eigenvalue weighted by Gasteiger charge is -2.34. The molecule has 1 aliphatic carbocycles. The zero-order valence-corrected chi connectivity index (χ0v) is 12.5. The molecule has 0 radical (unpaired) electrons. The number of nitrogens with one attached hydrogen (secondary N) is 1. The average Bonchev–Trinajstić information content (AvgIpc) is 3.27. The van der Waals surface area contributed by atoms with Crippen molar-refractivity contribution in [1.29, 1.82) is 0 Å². The highest BCUT2D eigenvalue weighted by Crippen LogP contribution is 2.46. The highest BCUT2D eigenvalue weighted by Gasteiger charge is 2.41. The van der Waals surface area contributed by atoms with Gasteiger partial charge in [0.05, 0.1) is 0 Å². The highest BCUT2D eigenvalue weighted by molar-refractivity contribution is 8.00. The Bertz CT molecular complexity index is 397. The van der Waals surface area contributed by atoms with Gasteiger partial charge in [-0.25, -0.2) is 0 Å². The Morgan fingerprint density at radius 3 is 2.58 bits per heavy atom. The fourth-order valence-electron chi connectivity index (χ4n) is 2.82. The maximum atomic E-state index is 4.09. The van der Waals surface area contributed by atoms with Gasteiger partial charge in [-0.1, -0.05) is 0 Å². The number of hydrogen-bond donors (Lipinski definition) is 1. The van der Waals surface area contributed by atoms with Crippen molar-refractivity contribution in [2.75, 3.05) is 30.8 Å². The second-order valence-corrected chi connectivity index (χ2v) is 7.01. The third kappa shape index (κ3) is 3.23. The molecule has 0 unspecified atom stereocenters. The summed E-state index contributed by atoms with van der Waals surface area (Å²) in [5.41, 5.74) is 1.32. The van der Waals surface area contributed by atoms with Crippen molar-refractivity contribution in [2.45, 2.75) is 36.5 Å². The van der Waals surface area contributed by atoms with Crippen molar-refractivity contribution in [1.82, 2.24) is 10.3 Å². The van der Waals surface area contributed by atoms with Gasteiger partial charge in [-0.05, 0) is 44.1 Å². The summed E-state index contributed by atoms with van der Waals surface area (Å²) in [7, 11) is 0. The molecule has 0 atom stereocenters. The van der Waals surface area contributed by atoms with E-state index in [1.807, 2.05) is 24.2 Å². The molecule has 1 aliphatic heterocycles. The lowest BCUT2D eigenvalue weighted by molar-refractivity contribution is 0.413. The van der Waals surface area contributed by atoms with Crippen molar-refractivity contribution < 1.29 is 0 Å². The van der Waals surface area contributed by atoms with E-state index < -0.39 is 0 Å². The molecule has 3 rings (SSSR count). The van der Waals surface area contributed by atoms with Crippen LogP contribution in [0.5, 0.6) is 0 Å². The Labute approximate surface area is 120 Å². The minimum atomic E-state index is 0.586. The molecule has 1 aromatic rings. The van der Waals surface area contributed by atoms with E-state index in [9.17, 15) is 0 Å². The molecule has 1 aromatic heterocycles. The van der Waals surface area contributed by atoms with Crippen LogP contribution in [0.15, 0.2) is 24.5 Å². The molecule has 104 valence electrons. The maximum Gasteiger partial charge on any atom is 0.0397 e. The first-order valence-electron chi connectivity index (χ1n) is 7.25. The molecule has 0 aromatic carbocycles. The monoisotopic (exact) mass is 277 g/mol. The van der Waals surface area contributed by atoms with E-state index in [-0.39, 0.29) is 0 Å². The van der Waals surface area contributed by atoms with Crippen molar-refractivity contribution in [2.24, 2.45) is 0 Å². The predicted octanol–water partition coefficient (Wildman–Crippen LogP) is 2.54. The van der Waals surface area contributed by atoms with Gasteiger partial charge in [0.15, 0.2) is 0 Å². The number of aromatic nitrogens is 1. The van der Waals surface area contributed by atoms with Gasteiger partial charge in [-0.2, -0.15) is 11.8 Å². The summed E-state index contributed by atoms with van der Waals surface area (Å²) < 4.78 is 0.586. The third-order valence-corrected chi connectivity index (χ3v) is 5.90. The Kier molecular flexibility index (Phi) is 3.99. The fourth-order valence-corrected chi connectivity index (χ4v) is 3.56. The van der Waals surface area contributed by atoms with E-state index in [0.717, 1.165) is 13.1 Å². The van der Waals surface area contributed by atoms with Crippen LogP contribution < -0.4 is 10.2 Å². The van der Waals surface area contributed by atoms with Crippen LogP contribution >= 0.6 is 11.8 Å². The van der Waals surface area contributed by atoms with Gasteiger partial charge in [0.1, 0.15) is 0 Å². The van der Waals surface area contributed by atoms with E-state index in [1.54, 1.807) is 0 Å². The number of nitrogens with zero attached hydrogens (tertiary/aromatic N) is 2. The molecule has 1 N–H and O–H groups in total. The molecular formula is C15H23N3S. The van der Waals surface area contributed by atoms with Crippen LogP contribution in [0, 0.1) is 0 Å². The number of anilines is 1. The van der Waals surface area contributed by atoms with Crippen LogP contribution in [0.3, 0.4) is 0 Å². The number of pyridine rings is 1. The molecule has 2 aliphatic rings. The Balaban J connectivity index is 1.45. The zero-order chi connectivity index (χ0) is 13.1. The van der Waals surface area contributed by atoms with E-state index in [4.69, 9.17) is 0 Å².